The molecule has 0 saturated carbocycles. The van der Waals surface area contributed by atoms with E-state index >= 15 is 0 Å². The van der Waals surface area contributed by atoms with Crippen molar-refractivity contribution < 1.29 is 4.39 Å². The molecule has 108 valence electrons. The zero-order valence-electron chi connectivity index (χ0n) is 12.7. The van der Waals surface area contributed by atoms with E-state index in [4.69, 9.17) is 0 Å². The van der Waals surface area contributed by atoms with Gasteiger partial charge in [-0.2, -0.15) is 5.26 Å². The van der Waals surface area contributed by atoms with E-state index in [9.17, 15) is 9.65 Å². The molecule has 0 bridgehead atoms. The lowest BCUT2D eigenvalue weighted by molar-refractivity contribution is 0.584. The Balaban J connectivity index is 2.48. The number of pyridine rings is 1. The molecule has 1 atom stereocenters. The van der Waals surface area contributed by atoms with Gasteiger partial charge in [-0.05, 0) is 38.5 Å². The van der Waals surface area contributed by atoms with E-state index in [1.807, 2.05) is 44.9 Å². The van der Waals surface area contributed by atoms with Crippen LogP contribution in [0.1, 0.15) is 35.3 Å². The molecule has 1 heterocycles. The number of halogens is 1. The maximum absolute atomic E-state index is 13.9. The number of nitrogens with zero attached hydrogens (tertiary/aromatic N) is 3. The highest BCUT2D eigenvalue weighted by atomic mass is 19.1. The standard InChI is InChI=1S/C17H18FN3/c1-11-9-12(2)20-17(15(11)10-19)21(4)13(3)14-7-5-6-8-16(14)18/h5-9,13H,1-4H3. The Kier molecular flexibility index (Phi) is 4.23. The zero-order chi connectivity index (χ0) is 15.6. The smallest absolute Gasteiger partial charge is 0.147 e. The molecule has 1 aromatic heterocycles. The molecule has 0 N–H and O–H groups in total. The lowest BCUT2D eigenvalue weighted by Crippen LogP contribution is -2.25. The zero-order valence-corrected chi connectivity index (χ0v) is 12.7. The van der Waals surface area contributed by atoms with Gasteiger partial charge in [-0.1, -0.05) is 18.2 Å². The number of aromatic nitrogens is 1. The fourth-order valence-electron chi connectivity index (χ4n) is 2.42. The van der Waals surface area contributed by atoms with Crippen LogP contribution in [-0.4, -0.2) is 12.0 Å². The Bertz CT molecular complexity index is 704. The normalized spacial score (nSPS) is 11.8. The Morgan fingerprint density at radius 1 is 1.29 bits per heavy atom. The maximum atomic E-state index is 13.9. The summed E-state index contributed by atoms with van der Waals surface area (Å²) in [5.74, 6) is 0.338. The minimum absolute atomic E-state index is 0.216. The third-order valence-electron chi connectivity index (χ3n) is 3.71. The molecular weight excluding hydrogens is 265 g/mol. The summed E-state index contributed by atoms with van der Waals surface area (Å²) in [5, 5.41) is 9.36. The van der Waals surface area contributed by atoms with E-state index in [-0.39, 0.29) is 11.9 Å². The van der Waals surface area contributed by atoms with Crippen LogP contribution in [-0.2, 0) is 0 Å². The fourth-order valence-corrected chi connectivity index (χ4v) is 2.42. The first kappa shape index (κ1) is 15.0. The van der Waals surface area contributed by atoms with Crippen molar-refractivity contribution in [2.75, 3.05) is 11.9 Å². The molecule has 21 heavy (non-hydrogen) atoms. The van der Waals surface area contributed by atoms with E-state index in [0.29, 0.717) is 16.9 Å². The second-order valence-electron chi connectivity index (χ2n) is 5.20. The summed E-state index contributed by atoms with van der Waals surface area (Å²) in [7, 11) is 1.83. The molecule has 4 heteroatoms. The van der Waals surface area contributed by atoms with Gasteiger partial charge in [0.1, 0.15) is 17.7 Å². The summed E-state index contributed by atoms with van der Waals surface area (Å²) in [6.07, 6.45) is 0. The number of hydrogen-bond donors (Lipinski definition) is 0. The number of anilines is 1. The number of rotatable bonds is 3. The van der Waals surface area contributed by atoms with Gasteiger partial charge in [-0.15, -0.1) is 0 Å². The van der Waals surface area contributed by atoms with Gasteiger partial charge in [0.05, 0.1) is 11.6 Å². The quantitative estimate of drug-likeness (QED) is 0.857. The minimum atomic E-state index is -0.250. The Morgan fingerprint density at radius 2 is 1.95 bits per heavy atom. The van der Waals surface area contributed by atoms with Gasteiger partial charge in [0, 0.05) is 18.3 Å². The highest BCUT2D eigenvalue weighted by molar-refractivity contribution is 5.58. The van der Waals surface area contributed by atoms with Crippen molar-refractivity contribution >= 4 is 5.82 Å². The van der Waals surface area contributed by atoms with Crippen LogP contribution in [0.25, 0.3) is 0 Å². The van der Waals surface area contributed by atoms with Gasteiger partial charge in [-0.25, -0.2) is 9.37 Å². The van der Waals surface area contributed by atoms with Crippen LogP contribution in [0.2, 0.25) is 0 Å². The number of aryl methyl sites for hydroxylation is 2. The van der Waals surface area contributed by atoms with Crippen LogP contribution in [0.4, 0.5) is 10.2 Å². The predicted octanol–water partition coefficient (Wildman–Crippen LogP) is 3.91. The van der Waals surface area contributed by atoms with Crippen molar-refractivity contribution in [3.8, 4) is 6.07 Å². The van der Waals surface area contributed by atoms with Crippen LogP contribution >= 0.6 is 0 Å². The molecule has 0 aliphatic carbocycles. The lowest BCUT2D eigenvalue weighted by atomic mass is 10.0. The lowest BCUT2D eigenvalue weighted by Gasteiger charge is -2.28. The summed E-state index contributed by atoms with van der Waals surface area (Å²) in [4.78, 5) is 6.31. The van der Waals surface area contributed by atoms with Crippen molar-refractivity contribution in [1.82, 2.24) is 4.98 Å². The first-order valence-corrected chi connectivity index (χ1v) is 6.81. The third-order valence-corrected chi connectivity index (χ3v) is 3.71. The van der Waals surface area contributed by atoms with Crippen LogP contribution in [0.3, 0.4) is 0 Å². The Hall–Kier alpha value is -2.41. The Morgan fingerprint density at radius 3 is 2.57 bits per heavy atom. The molecule has 0 aliphatic heterocycles. The fraction of sp³-hybridized carbons (Fsp3) is 0.294. The summed E-state index contributed by atoms with van der Waals surface area (Å²) in [5.41, 5.74) is 2.85. The molecule has 2 aromatic rings. The van der Waals surface area contributed by atoms with E-state index in [0.717, 1.165) is 11.3 Å². The molecule has 0 radical (unpaired) electrons. The summed E-state index contributed by atoms with van der Waals surface area (Å²) in [6, 6.07) is 10.5. The molecule has 0 saturated heterocycles. The van der Waals surface area contributed by atoms with Gasteiger partial charge in [0.25, 0.3) is 0 Å². The van der Waals surface area contributed by atoms with Crippen molar-refractivity contribution in [3.05, 3.63) is 58.5 Å². The van der Waals surface area contributed by atoms with Gasteiger partial charge in [0.2, 0.25) is 0 Å². The molecule has 3 nitrogen and oxygen atoms in total. The van der Waals surface area contributed by atoms with Crippen molar-refractivity contribution in [2.45, 2.75) is 26.8 Å². The third kappa shape index (κ3) is 2.87. The molecule has 2 rings (SSSR count). The minimum Gasteiger partial charge on any atom is -0.352 e. The van der Waals surface area contributed by atoms with E-state index in [1.165, 1.54) is 6.07 Å². The largest absolute Gasteiger partial charge is 0.352 e. The van der Waals surface area contributed by atoms with E-state index < -0.39 is 0 Å². The van der Waals surface area contributed by atoms with Crippen LogP contribution < -0.4 is 4.90 Å². The van der Waals surface area contributed by atoms with E-state index in [1.54, 1.807) is 12.1 Å². The average Bonchev–Trinajstić information content (AvgIpc) is 2.45. The molecule has 1 aromatic carbocycles. The number of benzene rings is 1. The number of nitriles is 1. The highest BCUT2D eigenvalue weighted by Gasteiger charge is 2.20. The van der Waals surface area contributed by atoms with Crippen molar-refractivity contribution in [1.29, 1.82) is 5.26 Å². The molecule has 0 fully saturated rings. The summed E-state index contributed by atoms with van der Waals surface area (Å²) < 4.78 is 13.9. The SMILES string of the molecule is Cc1cc(C)c(C#N)c(N(C)C(C)c2ccccc2F)n1. The average molecular weight is 283 g/mol. The predicted molar refractivity (Wildman–Crippen MR) is 81.6 cm³/mol. The monoisotopic (exact) mass is 283 g/mol. The van der Waals surface area contributed by atoms with Crippen molar-refractivity contribution in [2.24, 2.45) is 0 Å². The second-order valence-corrected chi connectivity index (χ2v) is 5.20. The highest BCUT2D eigenvalue weighted by Crippen LogP contribution is 2.29. The van der Waals surface area contributed by atoms with E-state index in [2.05, 4.69) is 11.1 Å². The topological polar surface area (TPSA) is 39.9 Å². The van der Waals surface area contributed by atoms with Gasteiger partial charge in [0.15, 0.2) is 0 Å². The molecule has 0 amide bonds. The first-order chi connectivity index (χ1) is 9.95. The molecule has 1 unspecified atom stereocenters. The first-order valence-electron chi connectivity index (χ1n) is 6.81. The van der Waals surface area contributed by atoms with Crippen LogP contribution in [0, 0.1) is 31.0 Å². The van der Waals surface area contributed by atoms with Crippen LogP contribution in [0.15, 0.2) is 30.3 Å². The number of hydrogen-bond acceptors (Lipinski definition) is 3. The van der Waals surface area contributed by atoms with Crippen molar-refractivity contribution in [3.63, 3.8) is 0 Å². The van der Waals surface area contributed by atoms with Gasteiger partial charge >= 0.3 is 0 Å². The van der Waals surface area contributed by atoms with Gasteiger partial charge in [-0.3, -0.25) is 0 Å². The molecular formula is C17H18FN3. The second kappa shape index (κ2) is 5.92. The molecule has 0 spiro atoms. The molecule has 0 aliphatic rings. The maximum Gasteiger partial charge on any atom is 0.147 e. The van der Waals surface area contributed by atoms with Crippen LogP contribution in [0.5, 0.6) is 0 Å². The summed E-state index contributed by atoms with van der Waals surface area (Å²) >= 11 is 0. The Labute approximate surface area is 124 Å². The summed E-state index contributed by atoms with van der Waals surface area (Å²) in [6.45, 7) is 5.68. The van der Waals surface area contributed by atoms with Gasteiger partial charge < -0.3 is 4.90 Å².